The number of carboxylic acid groups (broad SMARTS) is 1. The van der Waals surface area contributed by atoms with Gasteiger partial charge in [-0.05, 0) is 11.5 Å². The topological polar surface area (TPSA) is 205 Å². The van der Waals surface area contributed by atoms with Crippen molar-refractivity contribution in [2.75, 3.05) is 41.0 Å². The van der Waals surface area contributed by atoms with Gasteiger partial charge in [-0.15, -0.1) is 0 Å². The molecule has 14 nitrogen and oxygen atoms in total. The van der Waals surface area contributed by atoms with Gasteiger partial charge in [0, 0.05) is 136 Å². The summed E-state index contributed by atoms with van der Waals surface area (Å²) in [5.41, 5.74) is 5.93. The first-order valence-electron chi connectivity index (χ1n) is 20.5. The Morgan fingerprint density at radius 3 is 1.43 bits per heavy atom. The second kappa shape index (κ2) is 27.1. The third-order valence-corrected chi connectivity index (χ3v) is 11.4. The maximum Gasteiger partial charge on any atom is 0.308 e. The smallest absolute Gasteiger partial charge is 0.308 e. The van der Waals surface area contributed by atoms with Gasteiger partial charge in [0.15, 0.2) is 0 Å². The molecular weight excluding hydrogens is 1020 g/mol. The minimum atomic E-state index is -1.20. The first-order chi connectivity index (χ1) is 31.4. The molecule has 4 aromatic rings. The van der Waals surface area contributed by atoms with Crippen molar-refractivity contribution in [2.45, 2.75) is 56.1 Å². The van der Waals surface area contributed by atoms with Crippen LogP contribution in [0.5, 0.6) is 17.2 Å². The first kappa shape index (κ1) is 58.9. The largest absolute Gasteiger partial charge is 0.497 e. The number of piperidine rings is 3. The van der Waals surface area contributed by atoms with Crippen LogP contribution in [0, 0.1) is 54.2 Å². The van der Waals surface area contributed by atoms with Crippen LogP contribution in [-0.2, 0) is 55.7 Å². The van der Waals surface area contributed by atoms with Crippen LogP contribution in [0.1, 0.15) is 65.7 Å². The van der Waals surface area contributed by atoms with Crippen molar-refractivity contribution in [3.63, 3.8) is 0 Å². The van der Waals surface area contributed by atoms with E-state index in [0.717, 1.165) is 42.0 Å². The summed E-state index contributed by atoms with van der Waals surface area (Å²) < 4.78 is 104. The Morgan fingerprint density at radius 1 is 0.623 bits per heavy atom. The van der Waals surface area contributed by atoms with Gasteiger partial charge < -0.3 is 53.2 Å². The Labute approximate surface area is 407 Å². The minimum absolute atomic E-state index is 0. The van der Waals surface area contributed by atoms with Crippen LogP contribution < -0.4 is 35.9 Å². The third kappa shape index (κ3) is 15.4. The number of methoxy groups -OCH3 is 3. The molecule has 0 saturated carbocycles. The van der Waals surface area contributed by atoms with Gasteiger partial charge in [0.25, 0.3) is 0 Å². The van der Waals surface area contributed by atoms with Crippen LogP contribution in [0.25, 0.3) is 0 Å². The number of nitrogens with two attached hydrogens (primary N) is 1. The number of hydrogen-bond donors (Lipinski definition) is 5. The monoisotopic (exact) mass is 1070 g/mol. The molecule has 3 fully saturated rings. The Bertz CT molecular complexity index is 2350. The first-order valence-corrected chi connectivity index (χ1v) is 20.5. The van der Waals surface area contributed by atoms with E-state index in [4.69, 9.17) is 29.8 Å². The summed E-state index contributed by atoms with van der Waals surface area (Å²) in [6.07, 6.45) is -0.433. The van der Waals surface area contributed by atoms with Gasteiger partial charge in [0.05, 0.1) is 33.7 Å². The molecule has 0 radical (unpaired) electrons. The molecule has 3 aliphatic heterocycles. The fourth-order valence-corrected chi connectivity index (χ4v) is 7.94. The molecule has 0 bridgehead atoms. The molecule has 3 aliphatic rings. The molecule has 22 heteroatoms. The Morgan fingerprint density at radius 2 is 1.00 bits per heavy atom. The van der Waals surface area contributed by atoms with Crippen molar-refractivity contribution in [3.8, 4) is 17.2 Å². The minimum Gasteiger partial charge on any atom is -0.497 e. The quantitative estimate of drug-likeness (QED) is 0.0502. The van der Waals surface area contributed by atoms with Crippen molar-refractivity contribution in [1.29, 1.82) is 0 Å². The second-order valence-electron chi connectivity index (χ2n) is 15.6. The molecule has 0 aliphatic carbocycles. The average Bonchev–Trinajstić information content (AvgIpc) is 3.27. The van der Waals surface area contributed by atoms with Crippen molar-refractivity contribution in [3.05, 3.63) is 131 Å². The van der Waals surface area contributed by atoms with Gasteiger partial charge in [-0.2, -0.15) is 0 Å². The summed E-state index contributed by atoms with van der Waals surface area (Å²) in [4.78, 5) is 58.0. The van der Waals surface area contributed by atoms with Crippen LogP contribution in [0.3, 0.4) is 0 Å². The summed E-state index contributed by atoms with van der Waals surface area (Å²) in [7, 11) is 3.91. The molecule has 7 rings (SSSR count). The number of nitrogens with one attached hydrogen (secondary N) is 3. The standard InChI is InChI=1S/C21H21F2NO4.C13H13F2NO4.C12H14F2N2O2.CH3.FH.Pd/c1-27-15-8-17(22)21(18(23)9-15)16-10-19(25)24-11-14(16)7-20(26)28-12-13-5-3-2-4-6-13;1-20-6-2-9(14)12(10(15)3-6)7-4-11(17)16-5-8(7)13(18)19;1-18-6-2-8(13)12(9(14)3-6)7-4-11(17)16-5-10(7)15;;;/h2-6,8-9,14,16H,7,10-12H2,1H3,(H,24,25);2-3,7-8H,4-5H2,1H3,(H,16,17)(H,18,19);2-3,7,10H,4-5,15H2,1H3,(H,16,17);1H3;1H;/q;;;-1;;/t14-,16?;7?,8-;7?,10-;;;/m111.../s1. The zero-order chi connectivity index (χ0) is 48.2. The van der Waals surface area contributed by atoms with E-state index < -0.39 is 88.4 Å². The Balaban J connectivity index is 0.000000358. The van der Waals surface area contributed by atoms with Crippen molar-refractivity contribution < 1.29 is 99.5 Å². The molecule has 69 heavy (non-hydrogen) atoms. The van der Waals surface area contributed by atoms with Gasteiger partial charge in [-0.3, -0.25) is 28.7 Å². The number of halogens is 7. The second-order valence-corrected chi connectivity index (χ2v) is 15.6. The van der Waals surface area contributed by atoms with Crippen LogP contribution in [-0.4, -0.2) is 81.8 Å². The molecule has 380 valence electrons. The summed E-state index contributed by atoms with van der Waals surface area (Å²) >= 11 is 0. The number of amides is 3. The SMILES string of the molecule is COc1cc(F)c(C2CC(=O)NC[C@H]2C(=O)O)c(F)c1.COc1cc(F)c(C2CC(=O)NC[C@H]2CC(=O)OCc2ccccc2)c(F)c1.COc1cc(F)c(C2CC(=O)NC[C@H]2N)c(F)c1.F.[CH3-].[Pd]. The number of carbonyl (C=O) groups is 5. The zero-order valence-corrected chi connectivity index (χ0v) is 39.2. The van der Waals surface area contributed by atoms with Crippen LogP contribution in [0.4, 0.5) is 31.0 Å². The number of aliphatic carboxylic acids is 1. The third-order valence-electron chi connectivity index (χ3n) is 11.4. The molecule has 4 aromatic carbocycles. The van der Waals surface area contributed by atoms with Crippen LogP contribution in [0.15, 0.2) is 66.7 Å². The Hall–Kier alpha value is -6.24. The van der Waals surface area contributed by atoms with Crippen LogP contribution >= 0.6 is 0 Å². The van der Waals surface area contributed by atoms with E-state index in [1.165, 1.54) is 21.3 Å². The zero-order valence-electron chi connectivity index (χ0n) is 37.7. The molecule has 3 heterocycles. The maximum absolute atomic E-state index is 14.5. The van der Waals surface area contributed by atoms with E-state index in [1.54, 1.807) is 0 Å². The fourth-order valence-electron chi connectivity index (χ4n) is 7.94. The number of esters is 1. The number of benzene rings is 4. The molecule has 0 aromatic heterocycles. The molecule has 3 saturated heterocycles. The predicted octanol–water partition coefficient (Wildman–Crippen LogP) is 6.11. The summed E-state index contributed by atoms with van der Waals surface area (Å²) in [6.45, 7) is 0.335. The molecule has 3 amide bonds. The van der Waals surface area contributed by atoms with Gasteiger partial charge in [-0.1, -0.05) is 30.3 Å². The molecule has 6 atom stereocenters. The van der Waals surface area contributed by atoms with E-state index in [1.807, 2.05) is 30.3 Å². The Kier molecular flexibility index (Phi) is 23.1. The van der Waals surface area contributed by atoms with Crippen molar-refractivity contribution in [1.82, 2.24) is 16.0 Å². The molecule has 6 N–H and O–H groups in total. The average molecular weight is 1070 g/mol. The molecule has 0 spiro atoms. The molecule has 3 unspecified atom stereocenters. The van der Waals surface area contributed by atoms with Crippen molar-refractivity contribution >= 4 is 29.7 Å². The fraction of sp³-hybridized carbons (Fsp3) is 0.362. The van der Waals surface area contributed by atoms with E-state index in [2.05, 4.69) is 16.0 Å². The van der Waals surface area contributed by atoms with Crippen molar-refractivity contribution in [2.24, 2.45) is 17.6 Å². The van der Waals surface area contributed by atoms with E-state index >= 15 is 0 Å². The van der Waals surface area contributed by atoms with Gasteiger partial charge >= 0.3 is 11.9 Å². The van der Waals surface area contributed by atoms with Gasteiger partial charge in [0.2, 0.25) is 17.7 Å². The number of ether oxygens (including phenoxy) is 4. The van der Waals surface area contributed by atoms with Crippen LogP contribution in [0.2, 0.25) is 0 Å². The van der Waals surface area contributed by atoms with E-state index in [-0.39, 0.29) is 130 Å². The predicted molar refractivity (Wildman–Crippen MR) is 232 cm³/mol. The number of carbonyl (C=O) groups excluding carboxylic acids is 4. The van der Waals surface area contributed by atoms with Gasteiger partial charge in [0.1, 0.15) is 58.8 Å². The van der Waals surface area contributed by atoms with E-state index in [0.29, 0.717) is 0 Å². The number of rotatable bonds is 11. The molecular formula is C47H52F7N4O10Pd-. The van der Waals surface area contributed by atoms with Gasteiger partial charge in [-0.25, -0.2) is 26.3 Å². The number of hydrogen-bond acceptors (Lipinski definition) is 10. The van der Waals surface area contributed by atoms with E-state index in [9.17, 15) is 50.3 Å². The summed E-state index contributed by atoms with van der Waals surface area (Å²) in [6, 6.07) is 15.0. The maximum atomic E-state index is 14.5. The summed E-state index contributed by atoms with van der Waals surface area (Å²) in [5, 5.41) is 16.7. The normalized spacial score (nSPS) is 20.3. The number of carboxylic acids is 1. The summed E-state index contributed by atoms with van der Waals surface area (Å²) in [5.74, 6) is -11.4.